The topological polar surface area (TPSA) is 99.7 Å². The minimum absolute atomic E-state index is 0.00440. The van der Waals surface area contributed by atoms with Gasteiger partial charge in [0.15, 0.2) is 0 Å². The van der Waals surface area contributed by atoms with E-state index in [0.29, 0.717) is 48.6 Å². The number of aromatic nitrogens is 1. The van der Waals surface area contributed by atoms with Gasteiger partial charge in [0.25, 0.3) is 10.0 Å². The Morgan fingerprint density at radius 3 is 2.20 bits per heavy atom. The molecular weight excluding hydrogens is 653 g/mol. The maximum Gasteiger partial charge on any atom is 0.416 e. The van der Waals surface area contributed by atoms with Crippen molar-refractivity contribution in [2.75, 3.05) is 44.5 Å². The van der Waals surface area contributed by atoms with Gasteiger partial charge >= 0.3 is 6.18 Å². The fraction of sp³-hybridized carbons (Fsp3) is 0.324. The van der Waals surface area contributed by atoms with E-state index in [0.717, 1.165) is 43.9 Å². The molecule has 8 nitrogen and oxygen atoms in total. The summed E-state index contributed by atoms with van der Waals surface area (Å²) in [6.07, 6.45) is 0.125. The fourth-order valence-corrected chi connectivity index (χ4v) is 7.04. The molecule has 1 aliphatic rings. The van der Waals surface area contributed by atoms with E-state index in [-0.39, 0.29) is 35.7 Å². The second-order valence-electron chi connectivity index (χ2n) is 12.4. The first-order valence-corrected chi connectivity index (χ1v) is 17.6. The lowest BCUT2D eigenvalue weighted by molar-refractivity contribution is -0.137. The first-order valence-electron chi connectivity index (χ1n) is 16.1. The summed E-state index contributed by atoms with van der Waals surface area (Å²) < 4.78 is 71.0. The SMILES string of the molecule is CN1CCN(CCC(=O)Cc2cccc(-c3ccc(C(F)(F)F)cc3S(=O)(=O)Nc3ccc(CC(=O)CCc4cccnc4)cc3)c2)CC1. The number of aryl methyl sites for hydroxylation is 1. The average Bonchev–Trinajstić information content (AvgIpc) is 3.08. The summed E-state index contributed by atoms with van der Waals surface area (Å²) in [7, 11) is -2.45. The van der Waals surface area contributed by atoms with Crippen LogP contribution in [0.4, 0.5) is 18.9 Å². The number of hydrogen-bond acceptors (Lipinski definition) is 7. The van der Waals surface area contributed by atoms with Gasteiger partial charge in [-0.3, -0.25) is 19.3 Å². The molecule has 1 aliphatic heterocycles. The van der Waals surface area contributed by atoms with Gasteiger partial charge in [0, 0.05) is 82.1 Å². The number of nitrogens with zero attached hydrogens (tertiary/aromatic N) is 3. The smallest absolute Gasteiger partial charge is 0.304 e. The van der Waals surface area contributed by atoms with E-state index in [2.05, 4.69) is 26.6 Å². The van der Waals surface area contributed by atoms with E-state index in [1.54, 1.807) is 54.9 Å². The first kappa shape index (κ1) is 35.9. The molecule has 258 valence electrons. The van der Waals surface area contributed by atoms with Crippen LogP contribution in [0.5, 0.6) is 0 Å². The molecule has 4 aromatic rings. The van der Waals surface area contributed by atoms with Crippen molar-refractivity contribution in [1.82, 2.24) is 14.8 Å². The molecule has 5 rings (SSSR count). The fourth-order valence-electron chi connectivity index (χ4n) is 5.73. The molecule has 1 saturated heterocycles. The number of nitrogens with one attached hydrogen (secondary N) is 1. The maximum absolute atomic E-state index is 13.8. The molecule has 0 bridgehead atoms. The summed E-state index contributed by atoms with van der Waals surface area (Å²) >= 11 is 0. The van der Waals surface area contributed by atoms with Gasteiger partial charge in [-0.1, -0.05) is 48.5 Å². The zero-order valence-electron chi connectivity index (χ0n) is 27.2. The average molecular weight is 693 g/mol. The van der Waals surface area contributed by atoms with E-state index < -0.39 is 26.7 Å². The standard InChI is InChI=1S/C37H39F3N4O4S/c1-43-18-20-44(21-19-43)17-15-34(46)24-29-4-2-6-30(22-29)35-14-10-31(37(38,39)40)25-36(35)49(47,48)42-32-11-7-27(8-12-32)23-33(45)13-9-28-5-3-16-41-26-28/h2-8,10-12,14,16,22,25-26,42H,9,13,15,17-21,23-24H2,1H3. The van der Waals surface area contributed by atoms with Gasteiger partial charge in [-0.15, -0.1) is 0 Å². The molecule has 1 aromatic heterocycles. The van der Waals surface area contributed by atoms with E-state index >= 15 is 0 Å². The summed E-state index contributed by atoms with van der Waals surface area (Å²) in [5.41, 5.74) is 1.74. The number of ketones is 2. The maximum atomic E-state index is 13.8. The van der Waals surface area contributed by atoms with E-state index in [1.165, 1.54) is 12.1 Å². The van der Waals surface area contributed by atoms with Gasteiger partial charge in [0.1, 0.15) is 11.6 Å². The molecule has 0 saturated carbocycles. The Morgan fingerprint density at radius 2 is 1.51 bits per heavy atom. The number of hydrogen-bond donors (Lipinski definition) is 1. The number of sulfonamides is 1. The summed E-state index contributed by atoms with van der Waals surface area (Å²) in [4.78, 5) is 33.3. The second-order valence-corrected chi connectivity index (χ2v) is 14.0. The van der Waals surface area contributed by atoms with E-state index in [4.69, 9.17) is 0 Å². The summed E-state index contributed by atoms with van der Waals surface area (Å²) in [5, 5.41) is 0. The van der Waals surface area contributed by atoms with Gasteiger partial charge in [-0.05, 0) is 66.1 Å². The Hall–Kier alpha value is -4.39. The molecule has 0 aliphatic carbocycles. The number of rotatable bonds is 14. The number of piperazine rings is 1. The highest BCUT2D eigenvalue weighted by atomic mass is 32.2. The molecule has 2 heterocycles. The highest BCUT2D eigenvalue weighted by Gasteiger charge is 2.33. The van der Waals surface area contributed by atoms with Crippen LogP contribution in [0.2, 0.25) is 0 Å². The Balaban J connectivity index is 1.29. The van der Waals surface area contributed by atoms with Crippen molar-refractivity contribution in [2.24, 2.45) is 0 Å². The number of Topliss-reactive ketones (excluding diaryl/α,β-unsaturated/α-hetero) is 2. The number of alkyl halides is 3. The van der Waals surface area contributed by atoms with Gasteiger partial charge in [-0.25, -0.2) is 8.42 Å². The normalized spacial score (nSPS) is 14.4. The number of halogens is 3. The Labute approximate surface area is 285 Å². The number of benzene rings is 3. The zero-order valence-corrected chi connectivity index (χ0v) is 28.1. The molecule has 0 unspecified atom stereocenters. The van der Waals surface area contributed by atoms with Crippen LogP contribution in [0, 0.1) is 0 Å². The molecule has 0 amide bonds. The van der Waals surface area contributed by atoms with Crippen molar-refractivity contribution in [1.29, 1.82) is 0 Å². The van der Waals surface area contributed by atoms with Crippen LogP contribution in [-0.4, -0.2) is 74.5 Å². The van der Waals surface area contributed by atoms with Crippen LogP contribution < -0.4 is 4.72 Å². The van der Waals surface area contributed by atoms with Crippen molar-refractivity contribution < 1.29 is 31.2 Å². The lowest BCUT2D eigenvalue weighted by atomic mass is 9.99. The van der Waals surface area contributed by atoms with E-state index in [1.807, 2.05) is 6.07 Å². The van der Waals surface area contributed by atoms with Crippen LogP contribution in [0.1, 0.15) is 35.1 Å². The third-order valence-corrected chi connectivity index (χ3v) is 9.98. The molecule has 0 radical (unpaired) electrons. The van der Waals surface area contributed by atoms with Gasteiger partial charge in [-0.2, -0.15) is 13.2 Å². The predicted octanol–water partition coefficient (Wildman–Crippen LogP) is 6.06. The van der Waals surface area contributed by atoms with Gasteiger partial charge < -0.3 is 9.80 Å². The highest BCUT2D eigenvalue weighted by molar-refractivity contribution is 7.92. The number of anilines is 1. The summed E-state index contributed by atoms with van der Waals surface area (Å²) in [6.45, 7) is 4.35. The highest BCUT2D eigenvalue weighted by Crippen LogP contribution is 2.36. The van der Waals surface area contributed by atoms with Gasteiger partial charge in [0.05, 0.1) is 10.5 Å². The molecule has 3 aromatic carbocycles. The molecule has 49 heavy (non-hydrogen) atoms. The molecule has 1 N–H and O–H groups in total. The quantitative estimate of drug-likeness (QED) is 0.172. The van der Waals surface area contributed by atoms with Crippen molar-refractivity contribution >= 4 is 27.3 Å². The number of carbonyl (C=O) groups is 2. The lowest BCUT2D eigenvalue weighted by Crippen LogP contribution is -2.45. The van der Waals surface area contributed by atoms with Crippen LogP contribution in [0.3, 0.4) is 0 Å². The minimum Gasteiger partial charge on any atom is -0.304 e. The third kappa shape index (κ3) is 10.3. The summed E-state index contributed by atoms with van der Waals surface area (Å²) in [6, 6.07) is 19.2. The van der Waals surface area contributed by atoms with Crippen LogP contribution in [-0.2, 0) is 45.1 Å². The predicted molar refractivity (Wildman–Crippen MR) is 183 cm³/mol. The molecule has 12 heteroatoms. The number of pyridine rings is 1. The third-order valence-electron chi connectivity index (χ3n) is 8.56. The minimum atomic E-state index is -4.77. The zero-order chi connectivity index (χ0) is 35.0. The van der Waals surface area contributed by atoms with E-state index in [9.17, 15) is 31.2 Å². The van der Waals surface area contributed by atoms with Crippen LogP contribution in [0.15, 0.2) is 96.2 Å². The van der Waals surface area contributed by atoms with Crippen molar-refractivity contribution in [2.45, 2.75) is 43.2 Å². The number of carbonyl (C=O) groups excluding carboxylic acids is 2. The molecule has 0 atom stereocenters. The van der Waals surface area contributed by atoms with Crippen LogP contribution in [0.25, 0.3) is 11.1 Å². The Morgan fingerprint density at radius 1 is 0.816 bits per heavy atom. The van der Waals surface area contributed by atoms with Crippen molar-refractivity contribution in [3.8, 4) is 11.1 Å². The van der Waals surface area contributed by atoms with Crippen molar-refractivity contribution in [3.05, 3.63) is 114 Å². The molecule has 0 spiro atoms. The van der Waals surface area contributed by atoms with Gasteiger partial charge in [0.2, 0.25) is 0 Å². The Bertz CT molecular complexity index is 1860. The van der Waals surface area contributed by atoms with Crippen molar-refractivity contribution in [3.63, 3.8) is 0 Å². The number of likely N-dealkylation sites (N-methyl/N-ethyl adjacent to an activating group) is 1. The summed E-state index contributed by atoms with van der Waals surface area (Å²) in [5.74, 6) is 0.0291. The van der Waals surface area contributed by atoms with Crippen LogP contribution >= 0.6 is 0 Å². The largest absolute Gasteiger partial charge is 0.416 e. The molecule has 1 fully saturated rings. The first-order chi connectivity index (χ1) is 23.4. The monoisotopic (exact) mass is 692 g/mol. The second kappa shape index (κ2) is 15.9. The lowest BCUT2D eigenvalue weighted by Gasteiger charge is -2.32. The Kier molecular flexibility index (Phi) is 11.6. The molecular formula is C37H39F3N4O4S.